The smallest absolute Gasteiger partial charge is 0.327 e. The number of para-hydroxylation sites is 1. The summed E-state index contributed by atoms with van der Waals surface area (Å²) in [4.78, 5) is 10.1. The summed E-state index contributed by atoms with van der Waals surface area (Å²) in [6.07, 6.45) is 0.471. The molecule has 0 saturated carbocycles. The number of nitrogens with zero attached hydrogens (tertiary/aromatic N) is 1. The highest BCUT2D eigenvalue weighted by Crippen LogP contribution is 2.27. The van der Waals surface area contributed by atoms with Crippen LogP contribution in [0, 0.1) is 15.9 Å². The van der Waals surface area contributed by atoms with Gasteiger partial charge in [-0.05, 0) is 36.2 Å². The quantitative estimate of drug-likeness (QED) is 0.617. The van der Waals surface area contributed by atoms with Gasteiger partial charge in [0.05, 0.1) is 9.82 Å². The first-order valence-electron chi connectivity index (χ1n) is 6.57. The van der Waals surface area contributed by atoms with E-state index in [2.05, 4.69) is 5.32 Å². The molecule has 0 aromatic heterocycles. The van der Waals surface area contributed by atoms with E-state index in [1.165, 1.54) is 24.3 Å². The fourth-order valence-corrected chi connectivity index (χ4v) is 2.55. The van der Waals surface area contributed by atoms with Crippen molar-refractivity contribution in [3.05, 3.63) is 64.0 Å². The zero-order chi connectivity index (χ0) is 17.0. The number of primary sulfonamides is 1. The Morgan fingerprint density at radius 1 is 1.17 bits per heavy atom. The van der Waals surface area contributed by atoms with Gasteiger partial charge in [0.1, 0.15) is 5.69 Å². The van der Waals surface area contributed by atoms with E-state index in [0.29, 0.717) is 13.0 Å². The fourth-order valence-electron chi connectivity index (χ4n) is 2.03. The second kappa shape index (κ2) is 6.71. The van der Waals surface area contributed by atoms with Crippen LogP contribution < -0.4 is 10.5 Å². The molecule has 122 valence electrons. The Hall–Kier alpha value is -2.52. The number of anilines is 1. The molecule has 23 heavy (non-hydrogen) atoms. The third kappa shape index (κ3) is 4.24. The predicted molar refractivity (Wildman–Crippen MR) is 83.1 cm³/mol. The molecule has 0 fully saturated rings. The Morgan fingerprint density at radius 2 is 1.83 bits per heavy atom. The van der Waals surface area contributed by atoms with Gasteiger partial charge in [-0.3, -0.25) is 10.1 Å². The van der Waals surface area contributed by atoms with Gasteiger partial charge in [-0.25, -0.2) is 13.6 Å². The normalized spacial score (nSPS) is 11.2. The summed E-state index contributed by atoms with van der Waals surface area (Å²) in [7, 11) is -3.74. The largest absolute Gasteiger partial charge is 0.379 e. The van der Waals surface area contributed by atoms with Crippen LogP contribution >= 0.6 is 0 Å². The molecule has 0 atom stereocenters. The Kier molecular flexibility index (Phi) is 4.92. The van der Waals surface area contributed by atoms with Crippen molar-refractivity contribution >= 4 is 21.4 Å². The number of rotatable bonds is 6. The maximum absolute atomic E-state index is 13.5. The highest BCUT2D eigenvalue weighted by atomic mass is 32.2. The van der Waals surface area contributed by atoms with Gasteiger partial charge in [0.25, 0.3) is 0 Å². The lowest BCUT2D eigenvalue weighted by Crippen LogP contribution is -2.12. The second-order valence-electron chi connectivity index (χ2n) is 4.76. The van der Waals surface area contributed by atoms with Crippen molar-refractivity contribution in [2.45, 2.75) is 11.3 Å². The minimum atomic E-state index is -3.74. The summed E-state index contributed by atoms with van der Waals surface area (Å²) in [6.45, 7) is 0.318. The first-order chi connectivity index (χ1) is 10.8. The molecule has 9 heteroatoms. The lowest BCUT2D eigenvalue weighted by molar-refractivity contribution is -0.386. The van der Waals surface area contributed by atoms with Crippen LogP contribution in [0.1, 0.15) is 5.56 Å². The minimum Gasteiger partial charge on any atom is -0.379 e. The molecule has 0 amide bonds. The third-order valence-corrected chi connectivity index (χ3v) is 4.08. The molecule has 2 aromatic rings. The number of nitrogens with two attached hydrogens (primary N) is 1. The van der Waals surface area contributed by atoms with Crippen LogP contribution in [-0.4, -0.2) is 19.9 Å². The Balaban J connectivity index is 2.03. The van der Waals surface area contributed by atoms with E-state index in [0.717, 1.165) is 11.6 Å². The van der Waals surface area contributed by atoms with Gasteiger partial charge in [-0.1, -0.05) is 18.2 Å². The van der Waals surface area contributed by atoms with E-state index in [9.17, 15) is 22.9 Å². The first-order valence-corrected chi connectivity index (χ1v) is 8.12. The summed E-state index contributed by atoms with van der Waals surface area (Å²) >= 11 is 0. The summed E-state index contributed by atoms with van der Waals surface area (Å²) in [5.74, 6) is -0.905. The maximum atomic E-state index is 13.5. The molecule has 0 heterocycles. The van der Waals surface area contributed by atoms with Crippen LogP contribution in [0.2, 0.25) is 0 Å². The van der Waals surface area contributed by atoms with Crippen molar-refractivity contribution in [2.75, 3.05) is 11.9 Å². The van der Waals surface area contributed by atoms with Crippen molar-refractivity contribution < 1.29 is 17.7 Å². The third-order valence-electron chi connectivity index (χ3n) is 3.15. The highest BCUT2D eigenvalue weighted by Gasteiger charge is 2.19. The molecule has 0 aliphatic carbocycles. The van der Waals surface area contributed by atoms with Gasteiger partial charge < -0.3 is 5.32 Å². The molecule has 0 unspecified atom stereocenters. The topological polar surface area (TPSA) is 115 Å². The van der Waals surface area contributed by atoms with Crippen LogP contribution in [0.3, 0.4) is 0 Å². The van der Waals surface area contributed by atoms with Crippen LogP contribution in [0.4, 0.5) is 15.8 Å². The number of nitro groups is 1. The van der Waals surface area contributed by atoms with Crippen molar-refractivity contribution in [2.24, 2.45) is 5.14 Å². The molecule has 0 radical (unpaired) electrons. The average molecular weight is 339 g/mol. The van der Waals surface area contributed by atoms with Crippen LogP contribution in [0.5, 0.6) is 0 Å². The number of hydrogen-bond acceptors (Lipinski definition) is 5. The van der Waals surface area contributed by atoms with Crippen molar-refractivity contribution in [1.29, 1.82) is 0 Å². The molecule has 0 saturated heterocycles. The van der Waals surface area contributed by atoms with E-state index in [1.807, 2.05) is 0 Å². The summed E-state index contributed by atoms with van der Waals surface area (Å²) in [6, 6.07) is 9.79. The molecule has 0 spiro atoms. The van der Waals surface area contributed by atoms with Gasteiger partial charge in [-0.15, -0.1) is 0 Å². The summed E-state index contributed by atoms with van der Waals surface area (Å²) in [5, 5.41) is 18.7. The van der Waals surface area contributed by atoms with Crippen molar-refractivity contribution in [1.82, 2.24) is 0 Å². The van der Waals surface area contributed by atoms with E-state index >= 15 is 0 Å². The minimum absolute atomic E-state index is 0.00924. The lowest BCUT2D eigenvalue weighted by atomic mass is 10.1. The number of nitro benzene ring substituents is 1. The second-order valence-corrected chi connectivity index (χ2v) is 6.32. The number of halogens is 1. The molecule has 0 bridgehead atoms. The van der Waals surface area contributed by atoms with Gasteiger partial charge >= 0.3 is 5.69 Å². The zero-order valence-electron chi connectivity index (χ0n) is 11.9. The molecule has 7 nitrogen and oxygen atoms in total. The van der Waals surface area contributed by atoms with Crippen molar-refractivity contribution in [3.8, 4) is 0 Å². The van der Waals surface area contributed by atoms with Gasteiger partial charge in [0, 0.05) is 6.54 Å². The number of hydrogen-bond donors (Lipinski definition) is 2. The molecular formula is C14H14FN3O4S. The highest BCUT2D eigenvalue weighted by molar-refractivity contribution is 7.89. The number of benzene rings is 2. The van der Waals surface area contributed by atoms with E-state index < -0.39 is 26.5 Å². The standard InChI is InChI=1S/C14H14FN3O4S/c15-12-2-1-3-13(14(12)18(19)20)17-9-8-10-4-6-11(7-5-10)23(16,21)22/h1-7,17H,8-9H2,(H2,16,21,22). The lowest BCUT2D eigenvalue weighted by Gasteiger charge is -2.08. The molecule has 2 rings (SSSR count). The molecule has 0 aliphatic heterocycles. The Labute approximate surface area is 132 Å². The molecule has 0 aliphatic rings. The van der Waals surface area contributed by atoms with E-state index in [1.54, 1.807) is 12.1 Å². The summed E-state index contributed by atoms with van der Waals surface area (Å²) < 4.78 is 35.7. The zero-order valence-corrected chi connectivity index (χ0v) is 12.7. The van der Waals surface area contributed by atoms with Crippen LogP contribution in [-0.2, 0) is 16.4 Å². The SMILES string of the molecule is NS(=O)(=O)c1ccc(CCNc2cccc(F)c2[N+](=O)[O-])cc1. The number of sulfonamides is 1. The maximum Gasteiger partial charge on any atom is 0.327 e. The Morgan fingerprint density at radius 3 is 2.39 bits per heavy atom. The van der Waals surface area contributed by atoms with Gasteiger partial charge in [0.15, 0.2) is 0 Å². The first kappa shape index (κ1) is 16.8. The molecule has 2 aromatic carbocycles. The van der Waals surface area contributed by atoms with Gasteiger partial charge in [0.2, 0.25) is 15.8 Å². The van der Waals surface area contributed by atoms with Crippen LogP contribution in [0.25, 0.3) is 0 Å². The van der Waals surface area contributed by atoms with E-state index in [-0.39, 0.29) is 10.6 Å². The number of nitrogens with one attached hydrogen (secondary N) is 1. The predicted octanol–water partition coefficient (Wildman–Crippen LogP) is 2.04. The molecular weight excluding hydrogens is 325 g/mol. The Bertz CT molecular complexity index is 822. The van der Waals surface area contributed by atoms with E-state index in [4.69, 9.17) is 5.14 Å². The van der Waals surface area contributed by atoms with Crippen molar-refractivity contribution in [3.63, 3.8) is 0 Å². The van der Waals surface area contributed by atoms with Gasteiger partial charge in [-0.2, -0.15) is 4.39 Å². The fraction of sp³-hybridized carbons (Fsp3) is 0.143. The monoisotopic (exact) mass is 339 g/mol. The van der Waals surface area contributed by atoms with Crippen LogP contribution in [0.15, 0.2) is 47.4 Å². The summed E-state index contributed by atoms with van der Waals surface area (Å²) in [5.41, 5.74) is 0.303. The average Bonchev–Trinajstić information content (AvgIpc) is 2.46. The molecule has 3 N–H and O–H groups in total.